The summed E-state index contributed by atoms with van der Waals surface area (Å²) < 4.78 is 51.9. The molecule has 1 aromatic carbocycles. The normalized spacial score (nSPS) is 19.9. The first-order valence-corrected chi connectivity index (χ1v) is 9.33. The first kappa shape index (κ1) is 18.2. The molecule has 7 nitrogen and oxygen atoms in total. The van der Waals surface area contributed by atoms with Crippen molar-refractivity contribution in [1.82, 2.24) is 4.98 Å². The highest BCUT2D eigenvalue weighted by Crippen LogP contribution is 2.48. The number of carbonyl (C=O) groups is 2. The summed E-state index contributed by atoms with van der Waals surface area (Å²) in [6.45, 7) is 0. The van der Waals surface area contributed by atoms with Gasteiger partial charge in [-0.3, -0.25) is 4.79 Å². The lowest BCUT2D eigenvalue weighted by Gasteiger charge is -2.27. The maximum atomic E-state index is 16.2. The van der Waals surface area contributed by atoms with Crippen LogP contribution in [0.25, 0.3) is 0 Å². The number of nitrogens with zero attached hydrogens (tertiary/aromatic N) is 1. The Bertz CT molecular complexity index is 939. The van der Waals surface area contributed by atoms with Crippen molar-refractivity contribution >= 4 is 21.6 Å². The van der Waals surface area contributed by atoms with Crippen LogP contribution in [0.3, 0.4) is 0 Å². The van der Waals surface area contributed by atoms with Gasteiger partial charge in [0, 0.05) is 18.8 Å². The van der Waals surface area contributed by atoms with Crippen LogP contribution >= 0.6 is 0 Å². The largest absolute Gasteiger partial charge is 0.464 e. The van der Waals surface area contributed by atoms with E-state index in [0.717, 1.165) is 13.4 Å². The van der Waals surface area contributed by atoms with Crippen LogP contribution in [0.1, 0.15) is 35.6 Å². The maximum absolute atomic E-state index is 16.2. The van der Waals surface area contributed by atoms with Gasteiger partial charge in [0.1, 0.15) is 12.0 Å². The van der Waals surface area contributed by atoms with Gasteiger partial charge in [-0.2, -0.15) is 0 Å². The number of carbonyl (C=O) groups excluding carboxylic acids is 2. The summed E-state index contributed by atoms with van der Waals surface area (Å²) in [5.41, 5.74) is -0.350. The number of esters is 1. The number of halogens is 1. The van der Waals surface area contributed by atoms with Crippen LogP contribution < -0.4 is 0 Å². The average molecular weight is 381 g/mol. The summed E-state index contributed by atoms with van der Waals surface area (Å²) >= 11 is 0. The fourth-order valence-corrected chi connectivity index (χ4v) is 4.86. The molecule has 26 heavy (non-hydrogen) atoms. The summed E-state index contributed by atoms with van der Waals surface area (Å²) in [5.74, 6) is -3.06. The second-order valence-corrected chi connectivity index (χ2v) is 8.04. The number of oxazole rings is 1. The van der Waals surface area contributed by atoms with Crippen LogP contribution in [-0.2, 0) is 24.4 Å². The average Bonchev–Trinajstić information content (AvgIpc) is 3.30. The smallest absolute Gasteiger partial charge is 0.360 e. The third kappa shape index (κ3) is 2.82. The first-order valence-electron chi connectivity index (χ1n) is 7.85. The number of sulfone groups is 1. The quantitative estimate of drug-likeness (QED) is 0.733. The van der Waals surface area contributed by atoms with Crippen LogP contribution in [0.2, 0.25) is 0 Å². The van der Waals surface area contributed by atoms with E-state index < -0.39 is 32.6 Å². The van der Waals surface area contributed by atoms with E-state index in [1.807, 2.05) is 0 Å². The third-order valence-corrected chi connectivity index (χ3v) is 6.59. The molecule has 2 aromatic rings. The molecule has 1 aromatic heterocycles. The molecule has 1 heterocycles. The number of hydrogen-bond donors (Lipinski definition) is 0. The molecule has 1 aliphatic carbocycles. The van der Waals surface area contributed by atoms with Crippen LogP contribution in [0.15, 0.2) is 45.9 Å². The number of alkyl halides is 1. The molecule has 0 spiro atoms. The van der Waals surface area contributed by atoms with Crippen LogP contribution in [0.4, 0.5) is 4.39 Å². The molecule has 138 valence electrons. The van der Waals surface area contributed by atoms with E-state index >= 15 is 4.39 Å². The monoisotopic (exact) mass is 381 g/mol. The van der Waals surface area contributed by atoms with Crippen molar-refractivity contribution in [3.63, 3.8) is 0 Å². The Morgan fingerprint density at radius 2 is 2.04 bits per heavy atom. The van der Waals surface area contributed by atoms with E-state index in [1.54, 1.807) is 6.07 Å². The predicted octanol–water partition coefficient (Wildman–Crippen LogP) is 2.43. The molecule has 1 saturated carbocycles. The molecular weight excluding hydrogens is 365 g/mol. The fourth-order valence-electron chi connectivity index (χ4n) is 3.04. The molecule has 1 aliphatic rings. The molecule has 2 unspecified atom stereocenters. The molecule has 0 radical (unpaired) electrons. The Kier molecular flexibility index (Phi) is 4.66. The number of rotatable bonds is 5. The van der Waals surface area contributed by atoms with Gasteiger partial charge in [0.25, 0.3) is 5.00 Å². The number of ether oxygens (including phenoxy) is 1. The topological polar surface area (TPSA) is 104 Å². The molecule has 9 heteroatoms. The van der Waals surface area contributed by atoms with E-state index in [0.29, 0.717) is 0 Å². The Balaban J connectivity index is 2.16. The van der Waals surface area contributed by atoms with Gasteiger partial charge in [-0.15, -0.1) is 0 Å². The van der Waals surface area contributed by atoms with E-state index in [4.69, 9.17) is 4.42 Å². The van der Waals surface area contributed by atoms with Gasteiger partial charge in [0.2, 0.25) is 15.7 Å². The lowest BCUT2D eigenvalue weighted by atomic mass is 10.0. The van der Waals surface area contributed by atoms with E-state index in [-0.39, 0.29) is 35.6 Å². The van der Waals surface area contributed by atoms with Gasteiger partial charge >= 0.3 is 5.97 Å². The summed E-state index contributed by atoms with van der Waals surface area (Å²) in [4.78, 5) is 26.7. The highest BCUT2D eigenvalue weighted by atomic mass is 32.2. The zero-order valence-electron chi connectivity index (χ0n) is 13.8. The van der Waals surface area contributed by atoms with Crippen molar-refractivity contribution < 1.29 is 31.6 Å². The van der Waals surface area contributed by atoms with Gasteiger partial charge in [0.05, 0.1) is 12.0 Å². The summed E-state index contributed by atoms with van der Waals surface area (Å²) in [6, 6.07) is 7.03. The second-order valence-electron chi connectivity index (χ2n) is 5.97. The van der Waals surface area contributed by atoms with Crippen molar-refractivity contribution in [1.29, 1.82) is 0 Å². The molecule has 0 bridgehead atoms. The van der Waals surface area contributed by atoms with Crippen molar-refractivity contribution in [2.45, 2.75) is 29.2 Å². The zero-order chi connectivity index (χ0) is 18.9. The van der Waals surface area contributed by atoms with Crippen molar-refractivity contribution in [2.24, 2.45) is 5.92 Å². The standard InChI is InChI=1S/C17H16FNO6S/c1-24-15(21)14-10-25-16(19-14)17(18,11-7-8-12(20)9-11)26(22,23)13-5-3-2-4-6-13/h2-6,10-11H,7-9H2,1H3. The highest BCUT2D eigenvalue weighted by molar-refractivity contribution is 7.92. The predicted molar refractivity (Wildman–Crippen MR) is 86.6 cm³/mol. The summed E-state index contributed by atoms with van der Waals surface area (Å²) in [6.07, 6.45) is 0.702. The number of ketones is 1. The molecule has 2 atom stereocenters. The van der Waals surface area contributed by atoms with Crippen molar-refractivity contribution in [2.75, 3.05) is 7.11 Å². The minimum atomic E-state index is -4.61. The first-order chi connectivity index (χ1) is 12.3. The van der Waals surface area contributed by atoms with Gasteiger partial charge in [-0.05, 0) is 18.6 Å². The molecule has 1 fully saturated rings. The van der Waals surface area contributed by atoms with Gasteiger partial charge in [0.15, 0.2) is 5.69 Å². The fraction of sp³-hybridized carbons (Fsp3) is 0.353. The molecule has 0 saturated heterocycles. The van der Waals surface area contributed by atoms with Crippen molar-refractivity contribution in [3.8, 4) is 0 Å². The minimum absolute atomic E-state index is 0.0390. The number of hydrogen-bond acceptors (Lipinski definition) is 7. The van der Waals surface area contributed by atoms with E-state index in [9.17, 15) is 18.0 Å². The molecule has 0 amide bonds. The van der Waals surface area contributed by atoms with E-state index in [1.165, 1.54) is 24.3 Å². The number of benzene rings is 1. The zero-order valence-corrected chi connectivity index (χ0v) is 14.7. The summed E-state index contributed by atoms with van der Waals surface area (Å²) in [7, 11) is -3.50. The van der Waals surface area contributed by atoms with Gasteiger partial charge in [-0.25, -0.2) is 22.6 Å². The Labute approximate surface area is 149 Å². The van der Waals surface area contributed by atoms with E-state index in [2.05, 4.69) is 9.72 Å². The Hall–Kier alpha value is -2.55. The number of aromatic nitrogens is 1. The number of methoxy groups -OCH3 is 1. The van der Waals surface area contributed by atoms with Gasteiger partial charge in [-0.1, -0.05) is 18.2 Å². The highest BCUT2D eigenvalue weighted by Gasteiger charge is 2.58. The Morgan fingerprint density at radius 1 is 1.35 bits per heavy atom. The summed E-state index contributed by atoms with van der Waals surface area (Å²) in [5, 5.41) is -3.08. The second kappa shape index (κ2) is 6.64. The molecule has 0 aliphatic heterocycles. The maximum Gasteiger partial charge on any atom is 0.360 e. The molecule has 3 rings (SSSR count). The SMILES string of the molecule is COC(=O)c1coc(C(F)(C2CCC(=O)C2)S(=O)(=O)c2ccccc2)n1. The third-order valence-electron chi connectivity index (χ3n) is 4.41. The van der Waals surface area contributed by atoms with Gasteiger partial charge < -0.3 is 9.15 Å². The Morgan fingerprint density at radius 3 is 2.62 bits per heavy atom. The van der Waals surface area contributed by atoms with Crippen LogP contribution in [0, 0.1) is 5.92 Å². The minimum Gasteiger partial charge on any atom is -0.464 e. The molecular formula is C17H16FNO6S. The van der Waals surface area contributed by atoms with Crippen LogP contribution in [-0.4, -0.2) is 32.3 Å². The lowest BCUT2D eigenvalue weighted by molar-refractivity contribution is -0.117. The molecule has 0 N–H and O–H groups in total. The van der Waals surface area contributed by atoms with Crippen LogP contribution in [0.5, 0.6) is 0 Å². The lowest BCUT2D eigenvalue weighted by Crippen LogP contribution is -2.38. The van der Waals surface area contributed by atoms with Crippen molar-refractivity contribution in [3.05, 3.63) is 48.2 Å². The number of Topliss-reactive ketones (excluding diaryl/α,β-unsaturated/α-hetero) is 1.